The summed E-state index contributed by atoms with van der Waals surface area (Å²) in [6.45, 7) is 4.43. The van der Waals surface area contributed by atoms with E-state index < -0.39 is 5.63 Å². The van der Waals surface area contributed by atoms with E-state index in [9.17, 15) is 9.59 Å². The molecule has 4 rings (SSSR count). The number of hydrogen-bond donors (Lipinski definition) is 1. The number of carbonyl (C=O) groups excluding carboxylic acids is 1. The molecule has 30 heavy (non-hydrogen) atoms. The van der Waals surface area contributed by atoms with Crippen LogP contribution in [0.3, 0.4) is 0 Å². The van der Waals surface area contributed by atoms with Gasteiger partial charge in [-0.3, -0.25) is 4.79 Å². The van der Waals surface area contributed by atoms with E-state index in [0.29, 0.717) is 28.7 Å². The number of aromatic nitrogens is 1. The highest BCUT2D eigenvalue weighted by Crippen LogP contribution is 2.25. The second-order valence-electron chi connectivity index (χ2n) is 7.26. The van der Waals surface area contributed by atoms with Crippen LogP contribution in [0.5, 0.6) is 0 Å². The highest BCUT2D eigenvalue weighted by atomic mass is 16.4. The summed E-state index contributed by atoms with van der Waals surface area (Å²) in [5.41, 5.74) is 2.43. The van der Waals surface area contributed by atoms with Gasteiger partial charge in [-0.2, -0.15) is 0 Å². The van der Waals surface area contributed by atoms with Gasteiger partial charge in [0, 0.05) is 37.8 Å². The number of amides is 1. The first kappa shape index (κ1) is 19.8. The Morgan fingerprint density at radius 3 is 2.57 bits per heavy atom. The maximum Gasteiger partial charge on any atom is 0.345 e. The number of rotatable bonds is 7. The van der Waals surface area contributed by atoms with Gasteiger partial charge in [0.15, 0.2) is 0 Å². The van der Waals surface area contributed by atoms with Crippen LogP contribution in [0, 0.1) is 0 Å². The van der Waals surface area contributed by atoms with Crippen molar-refractivity contribution in [2.45, 2.75) is 13.3 Å². The highest BCUT2D eigenvalue weighted by molar-refractivity contribution is 6.07. The van der Waals surface area contributed by atoms with Gasteiger partial charge in [-0.1, -0.05) is 30.3 Å². The molecule has 0 radical (unpaired) electrons. The SMILES string of the molecule is CCN(CCCNC(=O)c1cc2c(=O)oc3ccccc3c2n1C)c1ccccc1. The third-order valence-corrected chi connectivity index (χ3v) is 5.42. The molecule has 0 atom stereocenters. The molecular weight excluding hydrogens is 378 g/mol. The van der Waals surface area contributed by atoms with E-state index in [1.54, 1.807) is 23.7 Å². The lowest BCUT2D eigenvalue weighted by atomic mass is 10.2. The standard InChI is InChI=1S/C24H25N3O3/c1-3-27(17-10-5-4-6-11-17)15-9-14-25-23(28)20-16-19-22(26(20)2)18-12-7-8-13-21(18)30-24(19)29/h4-8,10-13,16H,3,9,14-15H2,1-2H3,(H,25,28). The van der Waals surface area contributed by atoms with Gasteiger partial charge in [0.1, 0.15) is 11.3 Å². The van der Waals surface area contributed by atoms with Gasteiger partial charge in [0.05, 0.1) is 10.9 Å². The molecule has 6 nitrogen and oxygen atoms in total. The average molecular weight is 403 g/mol. The van der Waals surface area contributed by atoms with Crippen LogP contribution in [0.1, 0.15) is 23.8 Å². The van der Waals surface area contributed by atoms with E-state index in [1.165, 1.54) is 5.69 Å². The number of anilines is 1. The Morgan fingerprint density at radius 1 is 1.07 bits per heavy atom. The second-order valence-corrected chi connectivity index (χ2v) is 7.26. The van der Waals surface area contributed by atoms with Crippen LogP contribution < -0.4 is 15.8 Å². The molecule has 6 heteroatoms. The zero-order chi connectivity index (χ0) is 21.1. The molecule has 0 bridgehead atoms. The van der Waals surface area contributed by atoms with E-state index >= 15 is 0 Å². The maximum absolute atomic E-state index is 12.8. The van der Waals surface area contributed by atoms with Crippen molar-refractivity contribution in [3.63, 3.8) is 0 Å². The first-order valence-electron chi connectivity index (χ1n) is 10.2. The van der Waals surface area contributed by atoms with Gasteiger partial charge in [-0.15, -0.1) is 0 Å². The Kier molecular flexibility index (Phi) is 5.57. The number of para-hydroxylation sites is 2. The molecule has 1 N–H and O–H groups in total. The molecule has 0 aliphatic heterocycles. The summed E-state index contributed by atoms with van der Waals surface area (Å²) >= 11 is 0. The minimum atomic E-state index is -0.431. The van der Waals surface area contributed by atoms with Crippen LogP contribution in [0.2, 0.25) is 0 Å². The normalized spacial score (nSPS) is 11.1. The first-order chi connectivity index (χ1) is 14.6. The number of nitrogens with zero attached hydrogens (tertiary/aromatic N) is 2. The maximum atomic E-state index is 12.8. The molecule has 154 valence electrons. The fourth-order valence-corrected chi connectivity index (χ4v) is 3.88. The molecule has 0 aliphatic carbocycles. The van der Waals surface area contributed by atoms with Crippen molar-refractivity contribution in [2.75, 3.05) is 24.5 Å². The largest absolute Gasteiger partial charge is 0.422 e. The van der Waals surface area contributed by atoms with E-state index in [0.717, 1.165) is 24.9 Å². The van der Waals surface area contributed by atoms with Gasteiger partial charge in [-0.25, -0.2) is 4.79 Å². The van der Waals surface area contributed by atoms with Gasteiger partial charge in [0.2, 0.25) is 0 Å². The quantitative estimate of drug-likeness (QED) is 0.375. The monoisotopic (exact) mass is 403 g/mol. The molecule has 0 spiro atoms. The third kappa shape index (κ3) is 3.68. The number of aryl methyl sites for hydroxylation is 1. The topological polar surface area (TPSA) is 67.5 Å². The van der Waals surface area contributed by atoms with Crippen molar-refractivity contribution in [3.05, 3.63) is 76.8 Å². The molecule has 0 aliphatic rings. The van der Waals surface area contributed by atoms with Gasteiger partial charge in [0.25, 0.3) is 5.91 Å². The lowest BCUT2D eigenvalue weighted by Crippen LogP contribution is -2.30. The van der Waals surface area contributed by atoms with Crippen molar-refractivity contribution in [3.8, 4) is 0 Å². The molecule has 2 aromatic heterocycles. The summed E-state index contributed by atoms with van der Waals surface area (Å²) in [5, 5.41) is 4.21. The molecule has 2 aromatic carbocycles. The van der Waals surface area contributed by atoms with E-state index in [-0.39, 0.29) is 5.91 Å². The minimum absolute atomic E-state index is 0.194. The van der Waals surface area contributed by atoms with Crippen molar-refractivity contribution in [1.82, 2.24) is 9.88 Å². The summed E-state index contributed by atoms with van der Waals surface area (Å²) in [5.74, 6) is -0.194. The number of hydrogen-bond acceptors (Lipinski definition) is 4. The molecule has 0 saturated heterocycles. The number of benzene rings is 2. The Balaban J connectivity index is 1.47. The van der Waals surface area contributed by atoms with Crippen LogP contribution in [-0.2, 0) is 7.05 Å². The van der Waals surface area contributed by atoms with E-state index in [1.807, 2.05) is 36.4 Å². The highest BCUT2D eigenvalue weighted by Gasteiger charge is 2.18. The Morgan fingerprint density at radius 2 is 1.80 bits per heavy atom. The van der Waals surface area contributed by atoms with Gasteiger partial charge in [-0.05, 0) is 43.7 Å². The molecule has 2 heterocycles. The lowest BCUT2D eigenvalue weighted by Gasteiger charge is -2.23. The number of carbonyl (C=O) groups is 1. The number of fused-ring (bicyclic) bond motifs is 3. The van der Waals surface area contributed by atoms with Gasteiger partial charge >= 0.3 is 5.63 Å². The van der Waals surface area contributed by atoms with E-state index in [4.69, 9.17) is 4.42 Å². The van der Waals surface area contributed by atoms with Crippen molar-refractivity contribution in [2.24, 2.45) is 7.05 Å². The summed E-state index contributed by atoms with van der Waals surface area (Å²) in [4.78, 5) is 27.4. The minimum Gasteiger partial charge on any atom is -0.422 e. The van der Waals surface area contributed by atoms with Crippen LogP contribution in [0.15, 0.2) is 69.9 Å². The molecule has 0 unspecified atom stereocenters. The fraction of sp³-hybridized carbons (Fsp3) is 0.250. The predicted octanol–water partition coefficient (Wildman–Crippen LogP) is 3.93. The molecule has 0 fully saturated rings. The van der Waals surface area contributed by atoms with Gasteiger partial charge < -0.3 is 19.2 Å². The van der Waals surface area contributed by atoms with Crippen LogP contribution >= 0.6 is 0 Å². The molecule has 4 aromatic rings. The summed E-state index contributed by atoms with van der Waals surface area (Å²) in [7, 11) is 1.80. The van der Waals surface area contributed by atoms with E-state index in [2.05, 4.69) is 29.3 Å². The van der Waals surface area contributed by atoms with Crippen molar-refractivity contribution >= 4 is 33.5 Å². The molecule has 0 saturated carbocycles. The Hall–Kier alpha value is -3.54. The van der Waals surface area contributed by atoms with Crippen molar-refractivity contribution < 1.29 is 9.21 Å². The number of nitrogens with one attached hydrogen (secondary N) is 1. The summed E-state index contributed by atoms with van der Waals surface area (Å²) in [6, 6.07) is 19.2. The van der Waals surface area contributed by atoms with Crippen LogP contribution in [-0.4, -0.2) is 30.1 Å². The predicted molar refractivity (Wildman–Crippen MR) is 120 cm³/mol. The second kappa shape index (κ2) is 8.45. The molecule has 1 amide bonds. The summed E-state index contributed by atoms with van der Waals surface area (Å²) in [6.07, 6.45) is 0.823. The lowest BCUT2D eigenvalue weighted by molar-refractivity contribution is 0.0945. The zero-order valence-corrected chi connectivity index (χ0v) is 17.2. The van der Waals surface area contributed by atoms with Crippen LogP contribution in [0.25, 0.3) is 21.9 Å². The first-order valence-corrected chi connectivity index (χ1v) is 10.2. The zero-order valence-electron chi connectivity index (χ0n) is 17.2. The Bertz CT molecular complexity index is 1240. The Labute approximate surface area is 174 Å². The summed E-state index contributed by atoms with van der Waals surface area (Å²) < 4.78 is 7.17. The van der Waals surface area contributed by atoms with Crippen LogP contribution in [0.4, 0.5) is 5.69 Å². The fourth-order valence-electron chi connectivity index (χ4n) is 3.88. The average Bonchev–Trinajstić information content (AvgIpc) is 3.13. The smallest absolute Gasteiger partial charge is 0.345 e. The third-order valence-electron chi connectivity index (χ3n) is 5.42. The molecular formula is C24H25N3O3. The van der Waals surface area contributed by atoms with Crippen molar-refractivity contribution in [1.29, 1.82) is 0 Å².